The number of aromatic nitrogens is 2. The minimum atomic E-state index is -0.315. The van der Waals surface area contributed by atoms with Crippen molar-refractivity contribution in [3.05, 3.63) is 35.4 Å². The third-order valence-electron chi connectivity index (χ3n) is 2.96. The van der Waals surface area contributed by atoms with Gasteiger partial charge in [-0.05, 0) is 39.0 Å². The molecule has 90 valence electrons. The van der Waals surface area contributed by atoms with Gasteiger partial charge in [-0.2, -0.15) is 5.10 Å². The van der Waals surface area contributed by atoms with Crippen molar-refractivity contribution >= 4 is 5.69 Å². The summed E-state index contributed by atoms with van der Waals surface area (Å²) in [5, 5.41) is 4.44. The van der Waals surface area contributed by atoms with Crippen molar-refractivity contribution in [1.29, 1.82) is 0 Å². The molecular weight excluding hydrogens is 217 g/mol. The molecule has 0 aliphatic heterocycles. The van der Waals surface area contributed by atoms with Crippen LogP contribution >= 0.6 is 0 Å². The molecule has 0 aliphatic rings. The van der Waals surface area contributed by atoms with Crippen LogP contribution in [0.15, 0.2) is 18.2 Å². The van der Waals surface area contributed by atoms with Crippen molar-refractivity contribution in [2.45, 2.75) is 27.3 Å². The van der Waals surface area contributed by atoms with Crippen LogP contribution in [0.5, 0.6) is 0 Å². The van der Waals surface area contributed by atoms with Crippen LogP contribution in [0.2, 0.25) is 0 Å². The number of hydrogen-bond acceptors (Lipinski definition) is 2. The fraction of sp³-hybridized carbons (Fsp3) is 0.308. The van der Waals surface area contributed by atoms with E-state index in [1.165, 1.54) is 12.1 Å². The van der Waals surface area contributed by atoms with Crippen molar-refractivity contribution in [2.75, 3.05) is 5.73 Å². The van der Waals surface area contributed by atoms with Crippen molar-refractivity contribution in [2.24, 2.45) is 0 Å². The molecule has 0 aliphatic carbocycles. The lowest BCUT2D eigenvalue weighted by molar-refractivity contribution is 0.628. The first-order chi connectivity index (χ1) is 8.04. The maximum Gasteiger partial charge on any atom is 0.125 e. The molecule has 2 N–H and O–H groups in total. The van der Waals surface area contributed by atoms with E-state index in [2.05, 4.69) is 5.10 Å². The van der Waals surface area contributed by atoms with Crippen LogP contribution in [0.25, 0.3) is 11.1 Å². The number of anilines is 1. The zero-order chi connectivity index (χ0) is 12.6. The lowest BCUT2D eigenvalue weighted by atomic mass is 10.0. The van der Waals surface area contributed by atoms with E-state index in [4.69, 9.17) is 5.73 Å². The van der Waals surface area contributed by atoms with Crippen LogP contribution in [0.3, 0.4) is 0 Å². The Bertz CT molecular complexity index is 558. The standard InChI is InChI=1S/C13H16FN3/c1-4-17-9(3)13(8(2)16-17)11-6-5-10(14)7-12(11)15/h5-7H,4,15H2,1-3H3. The van der Waals surface area contributed by atoms with Gasteiger partial charge in [0.05, 0.1) is 5.69 Å². The highest BCUT2D eigenvalue weighted by Gasteiger charge is 2.14. The van der Waals surface area contributed by atoms with E-state index in [-0.39, 0.29) is 5.82 Å². The van der Waals surface area contributed by atoms with Gasteiger partial charge in [-0.3, -0.25) is 4.68 Å². The molecule has 17 heavy (non-hydrogen) atoms. The van der Waals surface area contributed by atoms with Gasteiger partial charge < -0.3 is 5.73 Å². The first kappa shape index (κ1) is 11.6. The molecule has 0 atom stereocenters. The Hall–Kier alpha value is -1.84. The third kappa shape index (κ3) is 1.90. The smallest absolute Gasteiger partial charge is 0.125 e. The van der Waals surface area contributed by atoms with E-state index in [1.807, 2.05) is 25.5 Å². The molecule has 1 heterocycles. The molecule has 0 radical (unpaired) electrons. The summed E-state index contributed by atoms with van der Waals surface area (Å²) >= 11 is 0. The van der Waals surface area contributed by atoms with Crippen molar-refractivity contribution in [3.8, 4) is 11.1 Å². The van der Waals surface area contributed by atoms with Crippen molar-refractivity contribution in [3.63, 3.8) is 0 Å². The molecule has 3 nitrogen and oxygen atoms in total. The van der Waals surface area contributed by atoms with E-state index in [0.717, 1.165) is 29.1 Å². The van der Waals surface area contributed by atoms with Gasteiger partial charge in [0.2, 0.25) is 0 Å². The summed E-state index contributed by atoms with van der Waals surface area (Å²) in [6, 6.07) is 4.48. The fourth-order valence-electron chi connectivity index (χ4n) is 2.16. The van der Waals surface area contributed by atoms with Crippen molar-refractivity contribution in [1.82, 2.24) is 9.78 Å². The topological polar surface area (TPSA) is 43.8 Å². The average Bonchev–Trinajstić information content (AvgIpc) is 2.55. The zero-order valence-electron chi connectivity index (χ0n) is 10.3. The van der Waals surface area contributed by atoms with Gasteiger partial charge in [0.15, 0.2) is 0 Å². The Morgan fingerprint density at radius 3 is 2.59 bits per heavy atom. The van der Waals surface area contributed by atoms with E-state index in [1.54, 1.807) is 6.07 Å². The summed E-state index contributed by atoms with van der Waals surface area (Å²) in [5.41, 5.74) is 10.1. The summed E-state index contributed by atoms with van der Waals surface area (Å²) in [7, 11) is 0. The number of rotatable bonds is 2. The number of nitrogens with two attached hydrogens (primary N) is 1. The van der Waals surface area contributed by atoms with Gasteiger partial charge in [0.1, 0.15) is 5.82 Å². The molecule has 1 aromatic carbocycles. The highest BCUT2D eigenvalue weighted by molar-refractivity contribution is 5.79. The summed E-state index contributed by atoms with van der Waals surface area (Å²) in [6.07, 6.45) is 0. The maximum absolute atomic E-state index is 13.0. The molecule has 1 aromatic heterocycles. The van der Waals surface area contributed by atoms with Crippen LogP contribution in [0, 0.1) is 19.7 Å². The Kier molecular flexibility index (Phi) is 2.88. The highest BCUT2D eigenvalue weighted by Crippen LogP contribution is 2.31. The maximum atomic E-state index is 13.0. The Balaban J connectivity index is 2.64. The minimum absolute atomic E-state index is 0.315. The number of hydrogen-bond donors (Lipinski definition) is 1. The fourth-order valence-corrected chi connectivity index (χ4v) is 2.16. The molecule has 0 saturated heterocycles. The van der Waals surface area contributed by atoms with E-state index < -0.39 is 0 Å². The second-order valence-electron chi connectivity index (χ2n) is 4.09. The highest BCUT2D eigenvalue weighted by atomic mass is 19.1. The SMILES string of the molecule is CCn1nc(C)c(-c2ccc(F)cc2N)c1C. The van der Waals surface area contributed by atoms with Crippen LogP contribution < -0.4 is 5.73 Å². The van der Waals surface area contributed by atoms with Gasteiger partial charge >= 0.3 is 0 Å². The molecule has 0 amide bonds. The van der Waals surface area contributed by atoms with E-state index in [9.17, 15) is 4.39 Å². The molecule has 0 saturated carbocycles. The first-order valence-electron chi connectivity index (χ1n) is 5.64. The molecule has 4 heteroatoms. The average molecular weight is 233 g/mol. The third-order valence-corrected chi connectivity index (χ3v) is 2.96. The minimum Gasteiger partial charge on any atom is -0.398 e. The van der Waals surface area contributed by atoms with E-state index in [0.29, 0.717) is 5.69 Å². The number of aryl methyl sites for hydroxylation is 2. The number of benzene rings is 1. The van der Waals surface area contributed by atoms with Crippen LogP contribution in [-0.2, 0) is 6.54 Å². The normalized spacial score (nSPS) is 10.8. The molecule has 0 unspecified atom stereocenters. The van der Waals surface area contributed by atoms with Crippen LogP contribution in [-0.4, -0.2) is 9.78 Å². The summed E-state index contributed by atoms with van der Waals surface area (Å²) in [6.45, 7) is 6.80. The second kappa shape index (κ2) is 4.20. The monoisotopic (exact) mass is 233 g/mol. The number of nitrogens with zero attached hydrogens (tertiary/aromatic N) is 2. The first-order valence-corrected chi connectivity index (χ1v) is 5.64. The molecular formula is C13H16FN3. The van der Waals surface area contributed by atoms with Gasteiger partial charge in [0, 0.05) is 29.1 Å². The lowest BCUT2D eigenvalue weighted by Crippen LogP contribution is -1.99. The van der Waals surface area contributed by atoms with Crippen molar-refractivity contribution < 1.29 is 4.39 Å². The van der Waals surface area contributed by atoms with Gasteiger partial charge in [-0.25, -0.2) is 4.39 Å². The van der Waals surface area contributed by atoms with Gasteiger partial charge in [0.25, 0.3) is 0 Å². The molecule has 2 rings (SSSR count). The summed E-state index contributed by atoms with van der Waals surface area (Å²) < 4.78 is 15.0. The summed E-state index contributed by atoms with van der Waals surface area (Å²) in [4.78, 5) is 0. The van der Waals surface area contributed by atoms with Gasteiger partial charge in [-0.1, -0.05) is 0 Å². The zero-order valence-corrected chi connectivity index (χ0v) is 10.3. The molecule has 2 aromatic rings. The predicted octanol–water partition coefficient (Wildman–Crippen LogP) is 2.91. The lowest BCUT2D eigenvalue weighted by Gasteiger charge is -2.06. The summed E-state index contributed by atoms with van der Waals surface area (Å²) in [5.74, 6) is -0.315. The Labute approximate surface area is 100 Å². The van der Waals surface area contributed by atoms with Gasteiger partial charge in [-0.15, -0.1) is 0 Å². The molecule has 0 spiro atoms. The predicted molar refractivity (Wildman–Crippen MR) is 67.2 cm³/mol. The largest absolute Gasteiger partial charge is 0.398 e. The number of halogens is 1. The number of nitrogen functional groups attached to an aromatic ring is 1. The Morgan fingerprint density at radius 1 is 1.35 bits per heavy atom. The second-order valence-corrected chi connectivity index (χ2v) is 4.09. The molecule has 0 bridgehead atoms. The Morgan fingerprint density at radius 2 is 2.06 bits per heavy atom. The molecule has 0 fully saturated rings. The van der Waals surface area contributed by atoms with Crippen LogP contribution in [0.1, 0.15) is 18.3 Å². The quantitative estimate of drug-likeness (QED) is 0.810. The van der Waals surface area contributed by atoms with E-state index >= 15 is 0 Å². The van der Waals surface area contributed by atoms with Crippen LogP contribution in [0.4, 0.5) is 10.1 Å².